The van der Waals surface area contributed by atoms with E-state index in [0.717, 1.165) is 48.3 Å². The molecular formula is C32H64N8. The first-order valence-electron chi connectivity index (χ1n) is 17.0. The zero-order valence-electron chi connectivity index (χ0n) is 27.5. The fourth-order valence-electron chi connectivity index (χ4n) is 9.23. The number of likely N-dealkylation sites (N-methyl/N-ethyl adjacent to an activating group) is 8. The third kappa shape index (κ3) is 6.59. The minimum absolute atomic E-state index is 0.880. The van der Waals surface area contributed by atoms with Crippen LogP contribution in [0.1, 0.15) is 53.4 Å². The Morgan fingerprint density at radius 1 is 0.425 bits per heavy atom. The lowest BCUT2D eigenvalue weighted by molar-refractivity contribution is -0.0567. The highest BCUT2D eigenvalue weighted by Gasteiger charge is 2.43. The van der Waals surface area contributed by atoms with Crippen molar-refractivity contribution in [3.63, 3.8) is 0 Å². The third-order valence-electron chi connectivity index (χ3n) is 12.0. The van der Waals surface area contributed by atoms with E-state index >= 15 is 0 Å². The predicted octanol–water partition coefficient (Wildman–Crippen LogP) is 1.58. The van der Waals surface area contributed by atoms with Crippen molar-refractivity contribution < 1.29 is 0 Å². The molecule has 0 aromatic rings. The van der Waals surface area contributed by atoms with Crippen LogP contribution in [0.15, 0.2) is 0 Å². The number of hydrogen-bond donors (Lipinski definition) is 0. The summed E-state index contributed by atoms with van der Waals surface area (Å²) in [4.78, 5) is 20.3. The molecule has 232 valence electrons. The van der Waals surface area contributed by atoms with Crippen molar-refractivity contribution in [3.8, 4) is 0 Å². The molecule has 10 heterocycles. The summed E-state index contributed by atoms with van der Waals surface area (Å²) in [5.74, 6) is 0. The van der Waals surface area contributed by atoms with Crippen molar-refractivity contribution in [2.45, 2.75) is 102 Å². The smallest absolute Gasteiger partial charge is 0.0241 e. The molecule has 0 aliphatic carbocycles. The van der Waals surface area contributed by atoms with Crippen LogP contribution < -0.4 is 0 Å². The zero-order chi connectivity index (χ0) is 28.6. The lowest BCUT2D eigenvalue weighted by Crippen LogP contribution is -2.67. The largest absolute Gasteiger partial charge is 0.303 e. The molecule has 0 radical (unpaired) electrons. The van der Waals surface area contributed by atoms with Crippen molar-refractivity contribution in [2.24, 2.45) is 0 Å². The second-order valence-corrected chi connectivity index (χ2v) is 14.3. The van der Waals surface area contributed by atoms with Crippen LogP contribution in [-0.4, -0.2) is 194 Å². The van der Waals surface area contributed by atoms with E-state index in [9.17, 15) is 0 Å². The fraction of sp³-hybridized carbons (Fsp3) is 1.00. The Hall–Kier alpha value is -0.320. The molecular weight excluding hydrogens is 496 g/mol. The van der Waals surface area contributed by atoms with Gasteiger partial charge in [-0.05, 0) is 80.1 Å². The van der Waals surface area contributed by atoms with Crippen molar-refractivity contribution >= 4 is 0 Å². The van der Waals surface area contributed by atoms with E-state index in [1.807, 2.05) is 0 Å². The Labute approximate surface area is 247 Å². The molecule has 0 spiro atoms. The quantitative estimate of drug-likeness (QED) is 0.512. The summed E-state index contributed by atoms with van der Waals surface area (Å²) in [6.07, 6.45) is 5.75. The van der Waals surface area contributed by atoms with Crippen LogP contribution in [0.2, 0.25) is 0 Å². The topological polar surface area (TPSA) is 25.9 Å². The SMILES string of the molecule is CCN1C2CC1CN(C)C2.CCN1CC2CC(C1)N2C.CCN1CC2CC1CN2C.CCN1CC2CC1CN2C. The van der Waals surface area contributed by atoms with Crippen molar-refractivity contribution in [2.75, 3.05) is 107 Å². The Balaban J connectivity index is 0.000000108. The number of rotatable bonds is 4. The van der Waals surface area contributed by atoms with Gasteiger partial charge in [0.25, 0.3) is 0 Å². The maximum atomic E-state index is 2.62. The lowest BCUT2D eigenvalue weighted by atomic mass is 9.88. The lowest BCUT2D eigenvalue weighted by Gasteiger charge is -2.55. The van der Waals surface area contributed by atoms with Gasteiger partial charge in [0.2, 0.25) is 0 Å². The number of nitrogens with zero attached hydrogens (tertiary/aromatic N) is 8. The van der Waals surface area contributed by atoms with E-state index in [4.69, 9.17) is 0 Å². The van der Waals surface area contributed by atoms with E-state index < -0.39 is 0 Å². The minimum Gasteiger partial charge on any atom is -0.303 e. The van der Waals surface area contributed by atoms with Crippen LogP contribution in [0.25, 0.3) is 0 Å². The van der Waals surface area contributed by atoms with Gasteiger partial charge in [0.1, 0.15) is 0 Å². The standard InChI is InChI=1S/4C8H16N2/c2*1-3-10-6-7-4-8(10)5-9(7)2;1-3-10-5-7-4-8(6-10)9(7)2;1-3-10-7-4-8(10)6-9(2)5-7/h4*7-8H,3-6H2,1-2H3. The molecule has 0 N–H and O–H groups in total. The fourth-order valence-corrected chi connectivity index (χ4v) is 9.23. The average Bonchev–Trinajstić information content (AvgIpc) is 3.74. The molecule has 10 fully saturated rings. The van der Waals surface area contributed by atoms with Crippen molar-refractivity contribution in [3.05, 3.63) is 0 Å². The molecule has 10 aliphatic heterocycles. The Bertz CT molecular complexity index is 734. The highest BCUT2D eigenvalue weighted by atomic mass is 15.4. The highest BCUT2D eigenvalue weighted by Crippen LogP contribution is 2.31. The molecule has 10 aliphatic rings. The second kappa shape index (κ2) is 13.5. The molecule has 8 nitrogen and oxygen atoms in total. The van der Waals surface area contributed by atoms with E-state index in [1.165, 1.54) is 104 Å². The number of fused-ring (bicyclic) bond motifs is 8. The first-order valence-corrected chi connectivity index (χ1v) is 17.0. The first-order chi connectivity index (χ1) is 19.2. The molecule has 40 heavy (non-hydrogen) atoms. The summed E-state index contributed by atoms with van der Waals surface area (Å²) in [7, 11) is 8.98. The molecule has 0 saturated carbocycles. The number of piperidine rings is 2. The molecule has 8 unspecified atom stereocenters. The van der Waals surface area contributed by atoms with Crippen LogP contribution in [0, 0.1) is 0 Å². The molecule has 0 aromatic carbocycles. The van der Waals surface area contributed by atoms with Crippen LogP contribution in [0.3, 0.4) is 0 Å². The Morgan fingerprint density at radius 2 is 0.875 bits per heavy atom. The van der Waals surface area contributed by atoms with E-state index in [0.29, 0.717) is 0 Å². The summed E-state index contributed by atoms with van der Waals surface area (Å²) in [6.45, 7) is 24.5. The maximum absolute atomic E-state index is 2.62. The molecule has 8 heteroatoms. The Kier molecular flexibility index (Phi) is 10.5. The van der Waals surface area contributed by atoms with Crippen molar-refractivity contribution in [1.29, 1.82) is 0 Å². The number of piperazine rings is 4. The molecule has 8 bridgehead atoms. The van der Waals surface area contributed by atoms with Gasteiger partial charge in [-0.15, -0.1) is 0 Å². The van der Waals surface area contributed by atoms with Crippen LogP contribution >= 0.6 is 0 Å². The summed E-state index contributed by atoms with van der Waals surface area (Å²) in [6, 6.07) is 7.11. The van der Waals surface area contributed by atoms with Crippen LogP contribution in [-0.2, 0) is 0 Å². The predicted molar refractivity (Wildman–Crippen MR) is 168 cm³/mol. The van der Waals surface area contributed by atoms with Gasteiger partial charge in [-0.1, -0.05) is 27.7 Å². The minimum atomic E-state index is 0.880. The zero-order valence-corrected chi connectivity index (χ0v) is 27.5. The molecule has 10 rings (SSSR count). The van der Waals surface area contributed by atoms with Gasteiger partial charge in [0, 0.05) is 101 Å². The van der Waals surface area contributed by atoms with Gasteiger partial charge >= 0.3 is 0 Å². The normalized spacial score (nSPS) is 41.4. The van der Waals surface area contributed by atoms with Gasteiger partial charge in [-0.25, -0.2) is 0 Å². The summed E-state index contributed by atoms with van der Waals surface area (Å²) < 4.78 is 0. The van der Waals surface area contributed by atoms with Gasteiger partial charge in [0.15, 0.2) is 0 Å². The average molecular weight is 561 g/mol. The number of hydrogen-bond acceptors (Lipinski definition) is 8. The molecule has 8 atom stereocenters. The molecule has 0 amide bonds. The van der Waals surface area contributed by atoms with E-state index in [2.05, 4.69) is 95.1 Å². The maximum Gasteiger partial charge on any atom is 0.0241 e. The number of likely N-dealkylation sites (tertiary alicyclic amines) is 4. The van der Waals surface area contributed by atoms with Gasteiger partial charge in [-0.2, -0.15) is 0 Å². The van der Waals surface area contributed by atoms with Gasteiger partial charge in [0.05, 0.1) is 0 Å². The van der Waals surface area contributed by atoms with Crippen LogP contribution in [0.5, 0.6) is 0 Å². The van der Waals surface area contributed by atoms with Gasteiger partial charge < -0.3 is 19.6 Å². The molecule has 0 aromatic heterocycles. The van der Waals surface area contributed by atoms with E-state index in [1.54, 1.807) is 0 Å². The Morgan fingerprint density at radius 3 is 1.20 bits per heavy atom. The van der Waals surface area contributed by atoms with E-state index in [-0.39, 0.29) is 0 Å². The summed E-state index contributed by atoms with van der Waals surface area (Å²) >= 11 is 0. The van der Waals surface area contributed by atoms with Crippen LogP contribution in [0.4, 0.5) is 0 Å². The van der Waals surface area contributed by atoms with Gasteiger partial charge in [-0.3, -0.25) is 19.6 Å². The summed E-state index contributed by atoms with van der Waals surface area (Å²) in [5, 5.41) is 0. The van der Waals surface area contributed by atoms with Crippen molar-refractivity contribution in [1.82, 2.24) is 39.2 Å². The summed E-state index contributed by atoms with van der Waals surface area (Å²) in [5.41, 5.74) is 0. The molecule has 10 saturated heterocycles. The second-order valence-electron chi connectivity index (χ2n) is 14.3. The highest BCUT2D eigenvalue weighted by molar-refractivity contribution is 5.00. The first kappa shape index (κ1) is 31.1. The third-order valence-corrected chi connectivity index (χ3v) is 12.0. The monoisotopic (exact) mass is 561 g/mol.